The SMILES string of the molecule is CCNC(c1c(C)cc(C)cc1C)c1c(Cl)cccc1Cl. The van der Waals surface area contributed by atoms with Crippen molar-refractivity contribution in [3.63, 3.8) is 0 Å². The molecule has 1 atom stereocenters. The molecule has 0 amide bonds. The van der Waals surface area contributed by atoms with Crippen LogP contribution in [0.15, 0.2) is 30.3 Å². The summed E-state index contributed by atoms with van der Waals surface area (Å²) in [4.78, 5) is 0. The zero-order chi connectivity index (χ0) is 15.6. The third-order valence-electron chi connectivity index (χ3n) is 3.72. The van der Waals surface area contributed by atoms with E-state index < -0.39 is 0 Å². The number of aryl methyl sites for hydroxylation is 3. The summed E-state index contributed by atoms with van der Waals surface area (Å²) in [5, 5.41) is 4.93. The van der Waals surface area contributed by atoms with Gasteiger partial charge in [0, 0.05) is 15.6 Å². The molecule has 1 nitrogen and oxygen atoms in total. The van der Waals surface area contributed by atoms with Crippen LogP contribution < -0.4 is 5.32 Å². The molecule has 0 saturated carbocycles. The van der Waals surface area contributed by atoms with Crippen molar-refractivity contribution in [3.8, 4) is 0 Å². The molecule has 0 bridgehead atoms. The molecule has 2 rings (SSSR count). The summed E-state index contributed by atoms with van der Waals surface area (Å²) in [5.41, 5.74) is 6.01. The Kier molecular flexibility index (Phi) is 5.32. The molecule has 1 N–H and O–H groups in total. The van der Waals surface area contributed by atoms with Crippen LogP contribution in [0.4, 0.5) is 0 Å². The second-order valence-electron chi connectivity index (χ2n) is 5.44. The maximum absolute atomic E-state index is 6.42. The van der Waals surface area contributed by atoms with Crippen molar-refractivity contribution in [1.82, 2.24) is 5.32 Å². The van der Waals surface area contributed by atoms with Crippen molar-refractivity contribution in [2.75, 3.05) is 6.54 Å². The highest BCUT2D eigenvalue weighted by molar-refractivity contribution is 6.36. The van der Waals surface area contributed by atoms with E-state index >= 15 is 0 Å². The van der Waals surface area contributed by atoms with Crippen molar-refractivity contribution in [2.45, 2.75) is 33.7 Å². The van der Waals surface area contributed by atoms with Gasteiger partial charge in [0.05, 0.1) is 6.04 Å². The Hall–Kier alpha value is -1.02. The van der Waals surface area contributed by atoms with Crippen LogP contribution >= 0.6 is 23.2 Å². The van der Waals surface area contributed by atoms with E-state index in [0.29, 0.717) is 10.0 Å². The van der Waals surface area contributed by atoms with Crippen molar-refractivity contribution in [2.24, 2.45) is 0 Å². The third kappa shape index (κ3) is 3.42. The summed E-state index contributed by atoms with van der Waals surface area (Å²) in [6.07, 6.45) is 0. The lowest BCUT2D eigenvalue weighted by Gasteiger charge is -2.25. The van der Waals surface area contributed by atoms with Crippen LogP contribution in [0.5, 0.6) is 0 Å². The quantitative estimate of drug-likeness (QED) is 0.770. The molecule has 0 fully saturated rings. The fourth-order valence-corrected chi connectivity index (χ4v) is 3.60. The Morgan fingerprint density at radius 2 is 1.48 bits per heavy atom. The van der Waals surface area contributed by atoms with Gasteiger partial charge in [-0.05, 0) is 56.1 Å². The number of benzene rings is 2. The zero-order valence-electron chi connectivity index (χ0n) is 12.9. The number of hydrogen-bond donors (Lipinski definition) is 1. The Morgan fingerprint density at radius 3 is 1.95 bits per heavy atom. The summed E-state index contributed by atoms with van der Waals surface area (Å²) < 4.78 is 0. The van der Waals surface area contributed by atoms with Crippen LogP contribution in [0, 0.1) is 20.8 Å². The van der Waals surface area contributed by atoms with E-state index in [-0.39, 0.29) is 6.04 Å². The van der Waals surface area contributed by atoms with E-state index in [1.54, 1.807) is 0 Å². The fourth-order valence-electron chi connectivity index (χ4n) is 2.99. The van der Waals surface area contributed by atoms with E-state index in [0.717, 1.165) is 12.1 Å². The molecule has 1 unspecified atom stereocenters. The monoisotopic (exact) mass is 321 g/mol. The van der Waals surface area contributed by atoms with Gasteiger partial charge >= 0.3 is 0 Å². The van der Waals surface area contributed by atoms with Crippen molar-refractivity contribution < 1.29 is 0 Å². The van der Waals surface area contributed by atoms with Crippen LogP contribution in [0.3, 0.4) is 0 Å². The highest BCUT2D eigenvalue weighted by Gasteiger charge is 2.22. The number of halogens is 2. The highest BCUT2D eigenvalue weighted by Crippen LogP contribution is 2.36. The highest BCUT2D eigenvalue weighted by atomic mass is 35.5. The molecule has 0 aromatic heterocycles. The first-order valence-corrected chi connectivity index (χ1v) is 7.96. The Bertz CT molecular complexity index is 606. The van der Waals surface area contributed by atoms with Crippen LogP contribution in [0.25, 0.3) is 0 Å². The van der Waals surface area contributed by atoms with Gasteiger partial charge in [-0.25, -0.2) is 0 Å². The molecule has 112 valence electrons. The lowest BCUT2D eigenvalue weighted by Crippen LogP contribution is -2.24. The molecule has 2 aromatic rings. The summed E-state index contributed by atoms with van der Waals surface area (Å²) >= 11 is 12.8. The van der Waals surface area contributed by atoms with E-state index in [2.05, 4.69) is 45.1 Å². The fraction of sp³-hybridized carbons (Fsp3) is 0.333. The van der Waals surface area contributed by atoms with Gasteiger partial charge in [-0.3, -0.25) is 0 Å². The van der Waals surface area contributed by atoms with Gasteiger partial charge < -0.3 is 5.32 Å². The van der Waals surface area contributed by atoms with E-state index in [1.165, 1.54) is 22.3 Å². The van der Waals surface area contributed by atoms with E-state index in [1.807, 2.05) is 18.2 Å². The lowest BCUT2D eigenvalue weighted by molar-refractivity contribution is 0.625. The molecule has 0 spiro atoms. The number of hydrogen-bond acceptors (Lipinski definition) is 1. The van der Waals surface area contributed by atoms with E-state index in [4.69, 9.17) is 23.2 Å². The van der Waals surface area contributed by atoms with Crippen molar-refractivity contribution >= 4 is 23.2 Å². The van der Waals surface area contributed by atoms with Crippen LogP contribution in [0.2, 0.25) is 10.0 Å². The molecule has 0 heterocycles. The van der Waals surface area contributed by atoms with Crippen LogP contribution in [0.1, 0.15) is 40.8 Å². The summed E-state index contributed by atoms with van der Waals surface area (Å²) in [5.74, 6) is 0. The minimum Gasteiger partial charge on any atom is -0.306 e. The smallest absolute Gasteiger partial charge is 0.0611 e. The normalized spacial score (nSPS) is 12.5. The summed E-state index contributed by atoms with van der Waals surface area (Å²) in [6.45, 7) is 9.35. The number of rotatable bonds is 4. The molecule has 0 aliphatic carbocycles. The lowest BCUT2D eigenvalue weighted by atomic mass is 9.90. The third-order valence-corrected chi connectivity index (χ3v) is 4.38. The van der Waals surface area contributed by atoms with Gasteiger partial charge in [0.25, 0.3) is 0 Å². The molecule has 21 heavy (non-hydrogen) atoms. The maximum atomic E-state index is 6.42. The molecule has 0 aliphatic rings. The van der Waals surface area contributed by atoms with Crippen LogP contribution in [-0.2, 0) is 0 Å². The van der Waals surface area contributed by atoms with Gasteiger partial charge in [0.1, 0.15) is 0 Å². The van der Waals surface area contributed by atoms with Crippen molar-refractivity contribution in [1.29, 1.82) is 0 Å². The average Bonchev–Trinajstić information content (AvgIpc) is 2.37. The summed E-state index contributed by atoms with van der Waals surface area (Å²) in [7, 11) is 0. The first-order chi connectivity index (χ1) is 9.95. The summed E-state index contributed by atoms with van der Waals surface area (Å²) in [6, 6.07) is 10.1. The van der Waals surface area contributed by atoms with Gasteiger partial charge in [-0.1, -0.05) is 53.9 Å². The molecule has 0 radical (unpaired) electrons. The Labute approximate surface area is 137 Å². The zero-order valence-corrected chi connectivity index (χ0v) is 14.4. The predicted octanol–water partition coefficient (Wildman–Crippen LogP) is 5.62. The molecule has 0 saturated heterocycles. The topological polar surface area (TPSA) is 12.0 Å². The standard InChI is InChI=1S/C18H21Cl2N/c1-5-21-18(17-14(19)7-6-8-15(17)20)16-12(3)9-11(2)10-13(16)4/h6-10,18,21H,5H2,1-4H3. The Morgan fingerprint density at radius 1 is 0.952 bits per heavy atom. The molecule has 3 heteroatoms. The molecule has 2 aromatic carbocycles. The van der Waals surface area contributed by atoms with Crippen molar-refractivity contribution in [3.05, 3.63) is 68.2 Å². The minimum atomic E-state index is 0.0109. The van der Waals surface area contributed by atoms with Gasteiger partial charge in [0.2, 0.25) is 0 Å². The van der Waals surface area contributed by atoms with Crippen LogP contribution in [-0.4, -0.2) is 6.54 Å². The molecular weight excluding hydrogens is 301 g/mol. The van der Waals surface area contributed by atoms with E-state index in [9.17, 15) is 0 Å². The van der Waals surface area contributed by atoms with Gasteiger partial charge in [-0.15, -0.1) is 0 Å². The largest absolute Gasteiger partial charge is 0.306 e. The molecule has 0 aliphatic heterocycles. The first-order valence-electron chi connectivity index (χ1n) is 7.20. The Balaban J connectivity index is 2.65. The predicted molar refractivity (Wildman–Crippen MR) is 92.6 cm³/mol. The number of nitrogens with one attached hydrogen (secondary N) is 1. The minimum absolute atomic E-state index is 0.0109. The second kappa shape index (κ2) is 6.83. The maximum Gasteiger partial charge on any atom is 0.0611 e. The second-order valence-corrected chi connectivity index (χ2v) is 6.25. The average molecular weight is 322 g/mol. The first kappa shape index (κ1) is 16.4. The van der Waals surface area contributed by atoms with Gasteiger partial charge in [0.15, 0.2) is 0 Å². The molecular formula is C18H21Cl2N. The van der Waals surface area contributed by atoms with Gasteiger partial charge in [-0.2, -0.15) is 0 Å².